The summed E-state index contributed by atoms with van der Waals surface area (Å²) in [5.74, 6) is 0.203. The van der Waals surface area contributed by atoms with Gasteiger partial charge in [-0.15, -0.1) is 11.8 Å². The lowest BCUT2D eigenvalue weighted by Gasteiger charge is -2.13. The molecule has 0 atom stereocenters. The van der Waals surface area contributed by atoms with Crippen molar-refractivity contribution < 1.29 is 5.21 Å². The predicted molar refractivity (Wildman–Crippen MR) is 71.8 cm³/mol. The fourth-order valence-corrected chi connectivity index (χ4v) is 3.55. The van der Waals surface area contributed by atoms with Crippen LogP contribution in [0.4, 0.5) is 0 Å². The Morgan fingerprint density at radius 1 is 1.41 bits per heavy atom. The van der Waals surface area contributed by atoms with Gasteiger partial charge in [0, 0.05) is 15.7 Å². The Balaban J connectivity index is 2.25. The van der Waals surface area contributed by atoms with E-state index in [1.165, 1.54) is 25.7 Å². The Bertz CT molecular complexity index is 425. The van der Waals surface area contributed by atoms with E-state index >= 15 is 0 Å². The van der Waals surface area contributed by atoms with E-state index in [1.54, 1.807) is 0 Å². The number of oxime groups is 1. The predicted octanol–water partition coefficient (Wildman–Crippen LogP) is 3.12. The van der Waals surface area contributed by atoms with Gasteiger partial charge < -0.3 is 10.9 Å². The molecule has 0 saturated heterocycles. The Morgan fingerprint density at radius 2 is 2.12 bits per heavy atom. The molecule has 3 nitrogen and oxygen atoms in total. The lowest BCUT2D eigenvalue weighted by Crippen LogP contribution is -2.15. The molecule has 4 heteroatoms. The Morgan fingerprint density at radius 3 is 2.76 bits per heavy atom. The third-order valence-electron chi connectivity index (χ3n) is 3.11. The molecular formula is C13H18N2OS. The van der Waals surface area contributed by atoms with Crippen LogP contribution in [0.2, 0.25) is 0 Å². The quantitative estimate of drug-likeness (QED) is 0.375. The lowest BCUT2D eigenvalue weighted by atomic mass is 10.1. The summed E-state index contributed by atoms with van der Waals surface area (Å²) in [5.41, 5.74) is 7.70. The molecule has 2 rings (SSSR count). The number of nitrogens with two attached hydrogens (primary N) is 1. The van der Waals surface area contributed by atoms with Gasteiger partial charge in [-0.05, 0) is 31.9 Å². The van der Waals surface area contributed by atoms with Gasteiger partial charge in [0.2, 0.25) is 0 Å². The minimum absolute atomic E-state index is 0.203. The summed E-state index contributed by atoms with van der Waals surface area (Å²) in [4.78, 5) is 1.12. The molecule has 3 N–H and O–H groups in total. The van der Waals surface area contributed by atoms with Crippen LogP contribution >= 0.6 is 11.8 Å². The minimum atomic E-state index is 0.203. The molecule has 17 heavy (non-hydrogen) atoms. The molecule has 0 bridgehead atoms. The molecule has 0 heterocycles. The van der Waals surface area contributed by atoms with Gasteiger partial charge in [0.15, 0.2) is 5.84 Å². The average Bonchev–Trinajstić information content (AvgIpc) is 2.83. The summed E-state index contributed by atoms with van der Waals surface area (Å²) in [6, 6.07) is 6.13. The second kappa shape index (κ2) is 5.45. The molecule has 0 aromatic heterocycles. The highest BCUT2D eigenvalue weighted by Crippen LogP contribution is 2.36. The third kappa shape index (κ3) is 2.94. The molecule has 1 saturated carbocycles. The zero-order valence-corrected chi connectivity index (χ0v) is 10.8. The van der Waals surface area contributed by atoms with Crippen LogP contribution in [0.3, 0.4) is 0 Å². The molecule has 0 unspecified atom stereocenters. The maximum absolute atomic E-state index is 8.82. The number of amidine groups is 1. The summed E-state index contributed by atoms with van der Waals surface area (Å²) < 4.78 is 0. The first-order valence-electron chi connectivity index (χ1n) is 5.96. The number of hydrogen-bond donors (Lipinski definition) is 2. The van der Waals surface area contributed by atoms with Crippen molar-refractivity contribution in [1.82, 2.24) is 0 Å². The highest BCUT2D eigenvalue weighted by molar-refractivity contribution is 8.00. The van der Waals surface area contributed by atoms with Crippen LogP contribution in [0.5, 0.6) is 0 Å². The molecule has 1 aliphatic rings. The maximum Gasteiger partial charge on any atom is 0.171 e. The van der Waals surface area contributed by atoms with Gasteiger partial charge >= 0.3 is 0 Å². The van der Waals surface area contributed by atoms with E-state index in [-0.39, 0.29) is 5.84 Å². The Hall–Kier alpha value is -1.16. The van der Waals surface area contributed by atoms with Crippen LogP contribution in [-0.4, -0.2) is 16.3 Å². The number of rotatable bonds is 3. The van der Waals surface area contributed by atoms with Crippen molar-refractivity contribution in [1.29, 1.82) is 0 Å². The van der Waals surface area contributed by atoms with Gasteiger partial charge in [-0.25, -0.2) is 0 Å². The third-order valence-corrected chi connectivity index (χ3v) is 4.53. The summed E-state index contributed by atoms with van der Waals surface area (Å²) >= 11 is 1.86. The van der Waals surface area contributed by atoms with E-state index in [0.29, 0.717) is 5.25 Å². The highest BCUT2D eigenvalue weighted by Gasteiger charge is 2.18. The zero-order valence-electron chi connectivity index (χ0n) is 10.0. The lowest BCUT2D eigenvalue weighted by molar-refractivity contribution is 0.318. The molecule has 0 radical (unpaired) electrons. The fourth-order valence-electron chi connectivity index (χ4n) is 2.19. The van der Waals surface area contributed by atoms with Gasteiger partial charge in [0.25, 0.3) is 0 Å². The SMILES string of the molecule is Cc1ccc(SC2CCCC2)c(/C(N)=N/O)c1. The van der Waals surface area contributed by atoms with Crippen LogP contribution in [-0.2, 0) is 0 Å². The number of thioether (sulfide) groups is 1. The Kier molecular flexibility index (Phi) is 3.94. The largest absolute Gasteiger partial charge is 0.409 e. The van der Waals surface area contributed by atoms with E-state index in [4.69, 9.17) is 10.9 Å². The average molecular weight is 250 g/mol. The standard InChI is InChI=1S/C13H18N2OS/c1-9-6-7-12(11(8-9)13(14)15-16)17-10-4-2-3-5-10/h6-8,10,16H,2-5H2,1H3,(H2,14,15). The summed E-state index contributed by atoms with van der Waals surface area (Å²) in [6.07, 6.45) is 5.19. The summed E-state index contributed by atoms with van der Waals surface area (Å²) in [5, 5.41) is 12.6. The first kappa shape index (κ1) is 12.3. The number of aryl methyl sites for hydroxylation is 1. The molecule has 0 spiro atoms. The fraction of sp³-hybridized carbons (Fsp3) is 0.462. The van der Waals surface area contributed by atoms with E-state index in [0.717, 1.165) is 16.0 Å². The number of benzene rings is 1. The molecular weight excluding hydrogens is 232 g/mol. The molecule has 1 aromatic carbocycles. The second-order valence-corrected chi connectivity index (χ2v) is 5.85. The van der Waals surface area contributed by atoms with Gasteiger partial charge in [-0.2, -0.15) is 0 Å². The number of hydrogen-bond acceptors (Lipinski definition) is 3. The molecule has 0 aliphatic heterocycles. The smallest absolute Gasteiger partial charge is 0.171 e. The monoisotopic (exact) mass is 250 g/mol. The molecule has 1 fully saturated rings. The van der Waals surface area contributed by atoms with Gasteiger partial charge in [-0.3, -0.25) is 0 Å². The van der Waals surface area contributed by atoms with Crippen LogP contribution in [0, 0.1) is 6.92 Å². The first-order chi connectivity index (χ1) is 8.20. The van der Waals surface area contributed by atoms with Crippen LogP contribution < -0.4 is 5.73 Å². The van der Waals surface area contributed by atoms with Crippen molar-refractivity contribution in [2.75, 3.05) is 0 Å². The summed E-state index contributed by atoms with van der Waals surface area (Å²) in [7, 11) is 0. The van der Waals surface area contributed by atoms with Crippen LogP contribution in [0.15, 0.2) is 28.3 Å². The second-order valence-electron chi connectivity index (χ2n) is 4.51. The number of nitrogens with zero attached hydrogens (tertiary/aromatic N) is 1. The minimum Gasteiger partial charge on any atom is -0.409 e. The van der Waals surface area contributed by atoms with Crippen molar-refractivity contribution in [2.45, 2.75) is 42.8 Å². The highest BCUT2D eigenvalue weighted by atomic mass is 32.2. The van der Waals surface area contributed by atoms with Crippen molar-refractivity contribution >= 4 is 17.6 Å². The zero-order chi connectivity index (χ0) is 12.3. The van der Waals surface area contributed by atoms with Crippen LogP contribution in [0.25, 0.3) is 0 Å². The molecule has 0 amide bonds. The van der Waals surface area contributed by atoms with Crippen molar-refractivity contribution in [2.24, 2.45) is 10.9 Å². The van der Waals surface area contributed by atoms with E-state index in [2.05, 4.69) is 17.3 Å². The topological polar surface area (TPSA) is 58.6 Å². The van der Waals surface area contributed by atoms with Gasteiger partial charge in [0.1, 0.15) is 0 Å². The van der Waals surface area contributed by atoms with Gasteiger partial charge in [0.05, 0.1) is 0 Å². The Labute approximate surface area is 106 Å². The van der Waals surface area contributed by atoms with Crippen molar-refractivity contribution in [3.63, 3.8) is 0 Å². The van der Waals surface area contributed by atoms with Crippen LogP contribution in [0.1, 0.15) is 36.8 Å². The van der Waals surface area contributed by atoms with E-state index in [1.807, 2.05) is 24.8 Å². The normalized spacial score (nSPS) is 17.6. The molecule has 92 valence electrons. The molecule has 1 aromatic rings. The van der Waals surface area contributed by atoms with Crippen molar-refractivity contribution in [3.8, 4) is 0 Å². The maximum atomic E-state index is 8.82. The molecule has 1 aliphatic carbocycles. The first-order valence-corrected chi connectivity index (χ1v) is 6.84. The van der Waals surface area contributed by atoms with E-state index in [9.17, 15) is 0 Å². The van der Waals surface area contributed by atoms with Gasteiger partial charge in [-0.1, -0.05) is 29.6 Å². The van der Waals surface area contributed by atoms with E-state index < -0.39 is 0 Å². The van der Waals surface area contributed by atoms with Crippen molar-refractivity contribution in [3.05, 3.63) is 29.3 Å². The summed E-state index contributed by atoms with van der Waals surface area (Å²) in [6.45, 7) is 2.01.